The monoisotopic (exact) mass is 423 g/mol. The van der Waals surface area contributed by atoms with E-state index in [1.165, 1.54) is 34.4 Å². The van der Waals surface area contributed by atoms with E-state index in [0.29, 0.717) is 36.2 Å². The molecule has 1 aromatic heterocycles. The van der Waals surface area contributed by atoms with E-state index >= 15 is 0 Å². The maximum Gasteiger partial charge on any atom is 0.273 e. The van der Waals surface area contributed by atoms with Crippen LogP contribution in [-0.2, 0) is 10.0 Å². The number of rotatable bonds is 8. The van der Waals surface area contributed by atoms with Crippen LogP contribution in [0.4, 0.5) is 5.69 Å². The molecule has 0 bridgehead atoms. The zero-order chi connectivity index (χ0) is 20.0. The van der Waals surface area contributed by atoms with Gasteiger partial charge in [-0.15, -0.1) is 11.8 Å². The van der Waals surface area contributed by atoms with Gasteiger partial charge < -0.3 is 4.74 Å². The minimum Gasteiger partial charge on any atom is -0.492 e. The molecule has 1 aromatic carbocycles. The van der Waals surface area contributed by atoms with Crippen molar-refractivity contribution in [3.05, 3.63) is 52.7 Å². The zero-order valence-corrected chi connectivity index (χ0v) is 16.8. The van der Waals surface area contributed by atoms with Gasteiger partial charge in [0.15, 0.2) is 0 Å². The van der Waals surface area contributed by atoms with E-state index in [1.807, 2.05) is 0 Å². The fourth-order valence-corrected chi connectivity index (χ4v) is 4.98. The Kier molecular flexibility index (Phi) is 6.87. The molecule has 0 aliphatic carbocycles. The van der Waals surface area contributed by atoms with Gasteiger partial charge in [0.25, 0.3) is 5.69 Å². The van der Waals surface area contributed by atoms with Gasteiger partial charge in [0.05, 0.1) is 22.6 Å². The summed E-state index contributed by atoms with van der Waals surface area (Å²) in [6.45, 7) is 1.48. The topological polar surface area (TPSA) is 103 Å². The lowest BCUT2D eigenvalue weighted by molar-refractivity contribution is -0.384. The minimum absolute atomic E-state index is 0.0164. The van der Waals surface area contributed by atoms with Crippen LogP contribution in [0, 0.1) is 10.1 Å². The van der Waals surface area contributed by atoms with E-state index in [9.17, 15) is 18.5 Å². The summed E-state index contributed by atoms with van der Waals surface area (Å²) in [5.41, 5.74) is -0.0164. The highest BCUT2D eigenvalue weighted by Gasteiger charge is 2.26. The molecule has 10 heteroatoms. The van der Waals surface area contributed by atoms with Gasteiger partial charge in [0.1, 0.15) is 10.6 Å². The van der Waals surface area contributed by atoms with E-state index in [2.05, 4.69) is 4.98 Å². The van der Waals surface area contributed by atoms with Crippen molar-refractivity contribution in [3.8, 4) is 5.75 Å². The van der Waals surface area contributed by atoms with Crippen molar-refractivity contribution in [2.45, 2.75) is 29.2 Å². The third kappa shape index (κ3) is 5.21. The first-order valence-corrected chi connectivity index (χ1v) is 11.4. The lowest BCUT2D eigenvalue weighted by atomic mass is 10.2. The molecule has 150 valence electrons. The number of hydrogen-bond acceptors (Lipinski definition) is 7. The second kappa shape index (κ2) is 9.35. The molecule has 1 saturated heterocycles. The first-order chi connectivity index (χ1) is 13.5. The molecular formula is C18H21N3O5S2. The number of aromatic nitrogens is 1. The Morgan fingerprint density at radius 1 is 1.18 bits per heavy atom. The van der Waals surface area contributed by atoms with Gasteiger partial charge in [-0.1, -0.05) is 12.5 Å². The number of piperidine rings is 1. The number of hydrogen-bond donors (Lipinski definition) is 0. The molecule has 0 saturated carbocycles. The number of nitro benzene ring substituents is 1. The molecule has 3 rings (SSSR count). The predicted molar refractivity (Wildman–Crippen MR) is 106 cm³/mol. The number of nitro groups is 1. The average Bonchev–Trinajstić information content (AvgIpc) is 2.72. The molecule has 1 aliphatic rings. The lowest BCUT2D eigenvalue weighted by Crippen LogP contribution is -2.35. The highest BCUT2D eigenvalue weighted by molar-refractivity contribution is 7.99. The maximum atomic E-state index is 12.6. The van der Waals surface area contributed by atoms with Crippen molar-refractivity contribution < 1.29 is 18.1 Å². The molecule has 0 radical (unpaired) electrons. The number of pyridine rings is 1. The van der Waals surface area contributed by atoms with Gasteiger partial charge in [-0.05, 0) is 31.0 Å². The smallest absolute Gasteiger partial charge is 0.273 e. The van der Waals surface area contributed by atoms with Crippen molar-refractivity contribution in [1.29, 1.82) is 0 Å². The summed E-state index contributed by atoms with van der Waals surface area (Å²) >= 11 is 1.43. The van der Waals surface area contributed by atoms with Crippen molar-refractivity contribution in [1.82, 2.24) is 9.29 Å². The van der Waals surface area contributed by atoms with Crippen LogP contribution in [0.25, 0.3) is 0 Å². The van der Waals surface area contributed by atoms with Crippen LogP contribution in [0.15, 0.2) is 52.5 Å². The zero-order valence-electron chi connectivity index (χ0n) is 15.2. The summed E-state index contributed by atoms with van der Waals surface area (Å²) in [6, 6.07) is 9.30. The molecule has 0 atom stereocenters. The number of benzene rings is 1. The number of nitrogens with zero attached hydrogens (tertiary/aromatic N) is 3. The van der Waals surface area contributed by atoms with Crippen molar-refractivity contribution in [2.24, 2.45) is 0 Å². The predicted octanol–water partition coefficient (Wildman–Crippen LogP) is 3.34. The molecule has 0 N–H and O–H groups in total. The van der Waals surface area contributed by atoms with Crippen LogP contribution < -0.4 is 4.74 Å². The number of thioether (sulfide) groups is 1. The van der Waals surface area contributed by atoms with E-state index in [0.717, 1.165) is 19.3 Å². The van der Waals surface area contributed by atoms with E-state index < -0.39 is 14.9 Å². The van der Waals surface area contributed by atoms with Gasteiger partial charge >= 0.3 is 0 Å². The van der Waals surface area contributed by atoms with Gasteiger partial charge in [0, 0.05) is 31.1 Å². The molecule has 1 fully saturated rings. The van der Waals surface area contributed by atoms with E-state index in [-0.39, 0.29) is 10.6 Å². The Balaban J connectivity index is 1.51. The largest absolute Gasteiger partial charge is 0.492 e. The summed E-state index contributed by atoms with van der Waals surface area (Å²) < 4.78 is 32.2. The summed E-state index contributed by atoms with van der Waals surface area (Å²) in [4.78, 5) is 14.7. The van der Waals surface area contributed by atoms with Crippen molar-refractivity contribution in [3.63, 3.8) is 0 Å². The van der Waals surface area contributed by atoms with Crippen molar-refractivity contribution >= 4 is 27.5 Å². The Hall–Kier alpha value is -2.17. The summed E-state index contributed by atoms with van der Waals surface area (Å²) in [5.74, 6) is 1.01. The summed E-state index contributed by atoms with van der Waals surface area (Å²) in [5, 5.41) is 11.5. The van der Waals surface area contributed by atoms with Crippen molar-refractivity contribution in [2.75, 3.05) is 25.4 Å². The second-order valence-corrected chi connectivity index (χ2v) is 9.30. The molecule has 28 heavy (non-hydrogen) atoms. The van der Waals surface area contributed by atoms with Gasteiger partial charge in [-0.3, -0.25) is 10.1 Å². The normalized spacial score (nSPS) is 15.3. The quantitative estimate of drug-likeness (QED) is 0.278. The maximum absolute atomic E-state index is 12.6. The third-order valence-corrected chi connectivity index (χ3v) is 7.08. The fraction of sp³-hybridized carbons (Fsp3) is 0.389. The first-order valence-electron chi connectivity index (χ1n) is 8.93. The van der Waals surface area contributed by atoms with E-state index in [4.69, 9.17) is 4.74 Å². The van der Waals surface area contributed by atoms with Gasteiger partial charge in [-0.2, -0.15) is 4.31 Å². The van der Waals surface area contributed by atoms with E-state index in [1.54, 1.807) is 24.3 Å². The SMILES string of the molecule is O=[N+]([O-])c1cccc(OCCSc2ccc(S(=O)(=O)N3CCCCC3)cn2)c1. The summed E-state index contributed by atoms with van der Waals surface area (Å²) in [6.07, 6.45) is 4.25. The van der Waals surface area contributed by atoms with Crippen LogP contribution in [-0.4, -0.2) is 48.1 Å². The molecule has 2 aromatic rings. The molecule has 8 nitrogen and oxygen atoms in total. The highest BCUT2D eigenvalue weighted by atomic mass is 32.2. The first kappa shape index (κ1) is 20.6. The molecule has 2 heterocycles. The Morgan fingerprint density at radius 3 is 2.64 bits per heavy atom. The van der Waals surface area contributed by atoms with Crippen LogP contribution in [0.2, 0.25) is 0 Å². The Bertz CT molecular complexity index is 913. The molecule has 0 unspecified atom stereocenters. The van der Waals surface area contributed by atoms with Crippen LogP contribution in [0.5, 0.6) is 5.75 Å². The Labute approximate surface area is 168 Å². The number of non-ortho nitro benzene ring substituents is 1. The standard InChI is InChI=1S/C18H21N3O5S2/c22-21(23)15-5-4-6-16(13-15)26-11-12-27-18-8-7-17(14-19-18)28(24,25)20-9-2-1-3-10-20/h4-8,13-14H,1-3,9-12H2. The number of sulfonamides is 1. The molecule has 1 aliphatic heterocycles. The number of ether oxygens (including phenoxy) is 1. The summed E-state index contributed by atoms with van der Waals surface area (Å²) in [7, 11) is -3.47. The lowest BCUT2D eigenvalue weighted by Gasteiger charge is -2.25. The third-order valence-electron chi connectivity index (χ3n) is 4.29. The van der Waals surface area contributed by atoms with Crippen LogP contribution >= 0.6 is 11.8 Å². The van der Waals surface area contributed by atoms with Crippen LogP contribution in [0.1, 0.15) is 19.3 Å². The van der Waals surface area contributed by atoms with Gasteiger partial charge in [-0.25, -0.2) is 13.4 Å². The average molecular weight is 424 g/mol. The Morgan fingerprint density at radius 2 is 1.96 bits per heavy atom. The highest BCUT2D eigenvalue weighted by Crippen LogP contribution is 2.23. The molecule has 0 spiro atoms. The minimum atomic E-state index is -3.47. The molecular weight excluding hydrogens is 402 g/mol. The molecule has 0 amide bonds. The second-order valence-electron chi connectivity index (χ2n) is 6.25. The van der Waals surface area contributed by atoms with Crippen LogP contribution in [0.3, 0.4) is 0 Å². The van der Waals surface area contributed by atoms with Gasteiger partial charge in [0.2, 0.25) is 10.0 Å². The fourth-order valence-electron chi connectivity index (χ4n) is 2.85.